The van der Waals surface area contributed by atoms with Gasteiger partial charge in [-0.2, -0.15) is 0 Å². The minimum absolute atomic E-state index is 0.350. The third-order valence-electron chi connectivity index (χ3n) is 3.19. The summed E-state index contributed by atoms with van der Waals surface area (Å²) in [6.45, 7) is 4.35. The van der Waals surface area contributed by atoms with Crippen LogP contribution in [0.15, 0.2) is 16.7 Å². The van der Waals surface area contributed by atoms with Gasteiger partial charge in [-0.3, -0.25) is 0 Å². The van der Waals surface area contributed by atoms with Gasteiger partial charge in [0.1, 0.15) is 6.10 Å². The van der Waals surface area contributed by atoms with Gasteiger partial charge in [0.05, 0.1) is 4.47 Å². The lowest BCUT2D eigenvalue weighted by molar-refractivity contribution is 0.129. The number of pyridine rings is 1. The standard InChI is InChI=1S/C13H18BrNO/c1-9-3-5-11(6-4-9)16-13-12(14)7-10(2)8-15-13/h7-9,11H,3-6H2,1-2H3. The smallest absolute Gasteiger partial charge is 0.228 e. The molecule has 0 bridgehead atoms. The van der Waals surface area contributed by atoms with Crippen molar-refractivity contribution in [3.05, 3.63) is 22.3 Å². The second-order valence-electron chi connectivity index (χ2n) is 4.80. The number of rotatable bonds is 2. The van der Waals surface area contributed by atoms with Crippen molar-refractivity contribution in [2.75, 3.05) is 0 Å². The van der Waals surface area contributed by atoms with Crippen molar-refractivity contribution in [1.29, 1.82) is 0 Å². The van der Waals surface area contributed by atoms with Crippen molar-refractivity contribution < 1.29 is 4.74 Å². The zero-order chi connectivity index (χ0) is 11.5. The van der Waals surface area contributed by atoms with E-state index in [1.54, 1.807) is 0 Å². The van der Waals surface area contributed by atoms with Crippen LogP contribution in [-0.2, 0) is 0 Å². The lowest BCUT2D eigenvalue weighted by atomic mass is 9.89. The van der Waals surface area contributed by atoms with Crippen molar-refractivity contribution in [3.8, 4) is 5.88 Å². The van der Waals surface area contributed by atoms with Crippen molar-refractivity contribution >= 4 is 15.9 Å². The number of aryl methyl sites for hydroxylation is 1. The van der Waals surface area contributed by atoms with Crippen LogP contribution in [0.2, 0.25) is 0 Å². The fraction of sp³-hybridized carbons (Fsp3) is 0.615. The van der Waals surface area contributed by atoms with Gasteiger partial charge < -0.3 is 4.74 Å². The second-order valence-corrected chi connectivity index (χ2v) is 5.65. The van der Waals surface area contributed by atoms with Crippen LogP contribution in [0.4, 0.5) is 0 Å². The Kier molecular flexibility index (Phi) is 3.85. The maximum absolute atomic E-state index is 5.93. The molecule has 1 heterocycles. The van der Waals surface area contributed by atoms with Gasteiger partial charge in [0, 0.05) is 6.20 Å². The van der Waals surface area contributed by atoms with Crippen LogP contribution < -0.4 is 4.74 Å². The van der Waals surface area contributed by atoms with Gasteiger partial charge in [0.2, 0.25) is 5.88 Å². The molecule has 16 heavy (non-hydrogen) atoms. The lowest BCUT2D eigenvalue weighted by Crippen LogP contribution is -2.23. The average Bonchev–Trinajstić information content (AvgIpc) is 2.25. The van der Waals surface area contributed by atoms with Crippen LogP contribution in [0.3, 0.4) is 0 Å². The summed E-state index contributed by atoms with van der Waals surface area (Å²) in [6.07, 6.45) is 7.06. The average molecular weight is 284 g/mol. The van der Waals surface area contributed by atoms with E-state index in [1.807, 2.05) is 19.2 Å². The largest absolute Gasteiger partial charge is 0.474 e. The molecule has 0 atom stereocenters. The fourth-order valence-corrected chi connectivity index (χ4v) is 2.67. The molecular weight excluding hydrogens is 266 g/mol. The van der Waals surface area contributed by atoms with Crippen LogP contribution in [0.25, 0.3) is 0 Å². The Labute approximate surface area is 106 Å². The summed E-state index contributed by atoms with van der Waals surface area (Å²) >= 11 is 3.50. The molecule has 0 radical (unpaired) electrons. The molecule has 1 aliphatic carbocycles. The highest BCUT2D eigenvalue weighted by atomic mass is 79.9. The van der Waals surface area contributed by atoms with Crippen LogP contribution >= 0.6 is 15.9 Å². The molecule has 0 aliphatic heterocycles. The monoisotopic (exact) mass is 283 g/mol. The van der Waals surface area contributed by atoms with Crippen molar-refractivity contribution in [1.82, 2.24) is 4.98 Å². The van der Waals surface area contributed by atoms with E-state index in [2.05, 4.69) is 27.8 Å². The first kappa shape index (κ1) is 11.9. The summed E-state index contributed by atoms with van der Waals surface area (Å²) < 4.78 is 6.90. The number of nitrogens with zero attached hydrogens (tertiary/aromatic N) is 1. The molecular formula is C13H18BrNO. The molecule has 2 nitrogen and oxygen atoms in total. The molecule has 0 saturated heterocycles. The van der Waals surface area contributed by atoms with Gasteiger partial charge in [-0.05, 0) is 66.1 Å². The molecule has 1 aromatic heterocycles. The Morgan fingerprint density at radius 2 is 2.00 bits per heavy atom. The molecule has 88 valence electrons. The minimum atomic E-state index is 0.350. The number of halogens is 1. The molecule has 0 unspecified atom stereocenters. The second kappa shape index (κ2) is 5.17. The van der Waals surface area contributed by atoms with Crippen molar-refractivity contribution in [2.45, 2.75) is 45.6 Å². The Morgan fingerprint density at radius 1 is 1.31 bits per heavy atom. The normalized spacial score (nSPS) is 25.4. The third kappa shape index (κ3) is 2.97. The van der Waals surface area contributed by atoms with Crippen LogP contribution in [0.1, 0.15) is 38.2 Å². The van der Waals surface area contributed by atoms with Gasteiger partial charge >= 0.3 is 0 Å². The minimum Gasteiger partial charge on any atom is -0.474 e. The summed E-state index contributed by atoms with van der Waals surface area (Å²) in [6, 6.07) is 2.05. The molecule has 0 aromatic carbocycles. The highest BCUT2D eigenvalue weighted by molar-refractivity contribution is 9.10. The first-order valence-corrected chi connectivity index (χ1v) is 6.73. The number of ether oxygens (including phenoxy) is 1. The van der Waals surface area contributed by atoms with Gasteiger partial charge in [-0.25, -0.2) is 4.98 Å². The predicted octanol–water partition coefficient (Wildman–Crippen LogP) is 4.11. The zero-order valence-corrected chi connectivity index (χ0v) is 11.5. The van der Waals surface area contributed by atoms with Gasteiger partial charge in [0.25, 0.3) is 0 Å². The van der Waals surface area contributed by atoms with Crippen LogP contribution in [0, 0.1) is 12.8 Å². The van der Waals surface area contributed by atoms with Crippen molar-refractivity contribution in [2.24, 2.45) is 5.92 Å². The quantitative estimate of drug-likeness (QED) is 0.815. The Hall–Kier alpha value is -0.570. The van der Waals surface area contributed by atoms with Crippen LogP contribution in [-0.4, -0.2) is 11.1 Å². The van der Waals surface area contributed by atoms with Gasteiger partial charge in [-0.1, -0.05) is 6.92 Å². The molecule has 1 aliphatic rings. The van der Waals surface area contributed by atoms with Crippen LogP contribution in [0.5, 0.6) is 5.88 Å². The number of hydrogen-bond acceptors (Lipinski definition) is 2. The molecule has 3 heteroatoms. The fourth-order valence-electron chi connectivity index (χ4n) is 2.11. The maximum atomic E-state index is 5.93. The number of aromatic nitrogens is 1. The molecule has 1 saturated carbocycles. The first-order chi connectivity index (χ1) is 7.65. The molecule has 2 rings (SSSR count). The van der Waals surface area contributed by atoms with E-state index in [9.17, 15) is 0 Å². The van der Waals surface area contributed by atoms with Crippen molar-refractivity contribution in [3.63, 3.8) is 0 Å². The summed E-state index contributed by atoms with van der Waals surface area (Å²) in [5, 5.41) is 0. The zero-order valence-electron chi connectivity index (χ0n) is 9.87. The third-order valence-corrected chi connectivity index (χ3v) is 3.75. The molecule has 0 amide bonds. The Balaban J connectivity index is 1.98. The summed E-state index contributed by atoms with van der Waals surface area (Å²) in [7, 11) is 0. The summed E-state index contributed by atoms with van der Waals surface area (Å²) in [5.41, 5.74) is 1.15. The number of hydrogen-bond donors (Lipinski definition) is 0. The highest BCUT2D eigenvalue weighted by Gasteiger charge is 2.20. The maximum Gasteiger partial charge on any atom is 0.228 e. The summed E-state index contributed by atoms with van der Waals surface area (Å²) in [4.78, 5) is 4.32. The molecule has 0 spiro atoms. The lowest BCUT2D eigenvalue weighted by Gasteiger charge is -2.26. The Bertz CT molecular complexity index is 359. The van der Waals surface area contributed by atoms with E-state index in [0.717, 1.165) is 34.7 Å². The Morgan fingerprint density at radius 3 is 2.62 bits per heavy atom. The van der Waals surface area contributed by atoms with E-state index >= 15 is 0 Å². The SMILES string of the molecule is Cc1cnc(OC2CCC(C)CC2)c(Br)c1. The molecule has 1 aromatic rings. The highest BCUT2D eigenvalue weighted by Crippen LogP contribution is 2.29. The van der Waals surface area contributed by atoms with Gasteiger partial charge in [-0.15, -0.1) is 0 Å². The first-order valence-electron chi connectivity index (χ1n) is 5.94. The predicted molar refractivity (Wildman–Crippen MR) is 68.7 cm³/mol. The van der Waals surface area contributed by atoms with E-state index in [0.29, 0.717) is 6.10 Å². The topological polar surface area (TPSA) is 22.1 Å². The van der Waals surface area contributed by atoms with E-state index in [1.165, 1.54) is 12.8 Å². The van der Waals surface area contributed by atoms with E-state index in [-0.39, 0.29) is 0 Å². The van der Waals surface area contributed by atoms with Gasteiger partial charge in [0.15, 0.2) is 0 Å². The van der Waals surface area contributed by atoms with E-state index in [4.69, 9.17) is 4.74 Å². The molecule has 0 N–H and O–H groups in total. The van der Waals surface area contributed by atoms with E-state index < -0.39 is 0 Å². The summed E-state index contributed by atoms with van der Waals surface area (Å²) in [5.74, 6) is 1.60. The molecule has 1 fully saturated rings.